The lowest BCUT2D eigenvalue weighted by molar-refractivity contribution is -0.120. The number of ether oxygens (including phenoxy) is 1. The van der Waals surface area contributed by atoms with E-state index in [2.05, 4.69) is 22.1 Å². The SMILES string of the molecule is CC1=CC(C)=NC(=O)C1CNC(=O)c1csc(C(C)N2CCOCC2)c1C. The maximum absolute atomic E-state index is 12.7. The first-order chi connectivity index (χ1) is 12.9. The van der Waals surface area contributed by atoms with Crippen LogP contribution in [-0.4, -0.2) is 55.3 Å². The molecule has 1 aromatic rings. The van der Waals surface area contributed by atoms with Gasteiger partial charge in [0, 0.05) is 41.6 Å². The van der Waals surface area contributed by atoms with Crippen LogP contribution < -0.4 is 5.32 Å². The molecule has 1 aromatic heterocycles. The zero-order chi connectivity index (χ0) is 19.6. The quantitative estimate of drug-likeness (QED) is 0.841. The molecule has 2 aliphatic heterocycles. The van der Waals surface area contributed by atoms with Gasteiger partial charge in [-0.1, -0.05) is 5.57 Å². The smallest absolute Gasteiger partial charge is 0.254 e. The maximum Gasteiger partial charge on any atom is 0.254 e. The summed E-state index contributed by atoms with van der Waals surface area (Å²) < 4.78 is 5.43. The summed E-state index contributed by atoms with van der Waals surface area (Å²) in [6.07, 6.45) is 1.90. The van der Waals surface area contributed by atoms with Crippen LogP contribution in [0.2, 0.25) is 0 Å². The van der Waals surface area contributed by atoms with Gasteiger partial charge in [0.25, 0.3) is 11.8 Å². The lowest BCUT2D eigenvalue weighted by atomic mass is 9.95. The van der Waals surface area contributed by atoms with Crippen LogP contribution in [-0.2, 0) is 9.53 Å². The summed E-state index contributed by atoms with van der Waals surface area (Å²) in [7, 11) is 0. The van der Waals surface area contributed by atoms with E-state index >= 15 is 0 Å². The predicted molar refractivity (Wildman–Crippen MR) is 108 cm³/mol. The van der Waals surface area contributed by atoms with E-state index in [1.807, 2.05) is 32.2 Å². The number of carbonyl (C=O) groups is 2. The second-order valence-corrected chi connectivity index (χ2v) is 8.12. The Balaban J connectivity index is 1.65. The van der Waals surface area contributed by atoms with Crippen molar-refractivity contribution in [2.45, 2.75) is 33.7 Å². The van der Waals surface area contributed by atoms with E-state index in [-0.39, 0.29) is 30.3 Å². The minimum absolute atomic E-state index is 0.129. The first kappa shape index (κ1) is 19.9. The fraction of sp³-hybridized carbons (Fsp3) is 0.550. The van der Waals surface area contributed by atoms with Crippen molar-refractivity contribution < 1.29 is 14.3 Å². The lowest BCUT2D eigenvalue weighted by Gasteiger charge is -2.32. The van der Waals surface area contributed by atoms with Gasteiger partial charge in [-0.3, -0.25) is 14.5 Å². The molecular weight excluding hydrogens is 362 g/mol. The largest absolute Gasteiger partial charge is 0.379 e. The fourth-order valence-corrected chi connectivity index (χ4v) is 4.81. The number of hydrogen-bond acceptors (Lipinski definition) is 5. The van der Waals surface area contributed by atoms with Crippen molar-refractivity contribution in [1.82, 2.24) is 10.2 Å². The van der Waals surface area contributed by atoms with Crippen molar-refractivity contribution >= 4 is 28.9 Å². The third kappa shape index (κ3) is 4.36. The van der Waals surface area contributed by atoms with Gasteiger partial charge in [-0.2, -0.15) is 0 Å². The molecule has 2 atom stereocenters. The van der Waals surface area contributed by atoms with Crippen LogP contribution in [0.4, 0.5) is 0 Å². The maximum atomic E-state index is 12.7. The number of carbonyl (C=O) groups excluding carboxylic acids is 2. The van der Waals surface area contributed by atoms with Crippen LogP contribution >= 0.6 is 11.3 Å². The van der Waals surface area contributed by atoms with E-state index in [0.29, 0.717) is 5.56 Å². The summed E-state index contributed by atoms with van der Waals surface area (Å²) in [6.45, 7) is 11.5. The van der Waals surface area contributed by atoms with Gasteiger partial charge < -0.3 is 10.1 Å². The Morgan fingerprint density at radius 2 is 2.07 bits per heavy atom. The van der Waals surface area contributed by atoms with Crippen molar-refractivity contribution in [3.05, 3.63) is 33.0 Å². The number of nitrogens with one attached hydrogen (secondary N) is 1. The molecule has 2 aliphatic rings. The minimum Gasteiger partial charge on any atom is -0.379 e. The Bertz CT molecular complexity index is 790. The molecule has 0 radical (unpaired) electrons. The van der Waals surface area contributed by atoms with Gasteiger partial charge in [-0.15, -0.1) is 11.3 Å². The third-order valence-electron chi connectivity index (χ3n) is 5.33. The van der Waals surface area contributed by atoms with Crippen LogP contribution in [0.3, 0.4) is 0 Å². The molecule has 3 rings (SSSR count). The molecule has 2 amide bonds. The molecule has 6 nitrogen and oxygen atoms in total. The van der Waals surface area contributed by atoms with Gasteiger partial charge in [-0.25, -0.2) is 4.99 Å². The fourth-order valence-electron chi connectivity index (χ4n) is 3.65. The Kier molecular flexibility index (Phi) is 6.24. The zero-order valence-corrected chi connectivity index (χ0v) is 17.2. The standard InChI is InChI=1S/C20H27N3O3S/c1-12-9-13(2)22-20(25)16(12)10-21-19(24)17-11-27-18(14(17)3)15(4)23-5-7-26-8-6-23/h9,11,15-16H,5-8,10H2,1-4H3,(H,21,24). The average Bonchev–Trinajstić information content (AvgIpc) is 3.02. The second-order valence-electron chi connectivity index (χ2n) is 7.21. The van der Waals surface area contributed by atoms with Crippen molar-refractivity contribution in [2.24, 2.45) is 10.9 Å². The van der Waals surface area contributed by atoms with Crippen LogP contribution in [0.15, 0.2) is 22.0 Å². The number of morpholine rings is 1. The molecule has 1 N–H and O–H groups in total. The summed E-state index contributed by atoms with van der Waals surface area (Å²) in [4.78, 5) is 32.4. The van der Waals surface area contributed by atoms with Gasteiger partial charge in [0.15, 0.2) is 0 Å². The summed E-state index contributed by atoms with van der Waals surface area (Å²) in [5, 5.41) is 4.84. The average molecular weight is 390 g/mol. The number of hydrogen-bond donors (Lipinski definition) is 1. The number of aliphatic imine (C=N–C) groups is 1. The molecule has 1 fully saturated rings. The number of dihydropyridines is 1. The number of nitrogens with zero attached hydrogens (tertiary/aromatic N) is 2. The van der Waals surface area contributed by atoms with E-state index in [0.717, 1.165) is 43.2 Å². The van der Waals surface area contributed by atoms with E-state index in [9.17, 15) is 9.59 Å². The lowest BCUT2D eigenvalue weighted by Crippen LogP contribution is -2.38. The van der Waals surface area contributed by atoms with Crippen molar-refractivity contribution in [3.8, 4) is 0 Å². The molecule has 7 heteroatoms. The molecular formula is C20H27N3O3S. The van der Waals surface area contributed by atoms with Gasteiger partial charge in [0.2, 0.25) is 0 Å². The molecule has 3 heterocycles. The normalized spacial score (nSPS) is 22.2. The van der Waals surface area contributed by atoms with Crippen molar-refractivity contribution in [2.75, 3.05) is 32.8 Å². The van der Waals surface area contributed by atoms with Gasteiger partial charge in [-0.05, 0) is 39.3 Å². The predicted octanol–water partition coefficient (Wildman–Crippen LogP) is 2.74. The zero-order valence-electron chi connectivity index (χ0n) is 16.4. The summed E-state index contributed by atoms with van der Waals surface area (Å²) in [5.41, 5.74) is 3.37. The summed E-state index contributed by atoms with van der Waals surface area (Å²) in [5.74, 6) is -0.684. The Morgan fingerprint density at radius 1 is 1.37 bits per heavy atom. The summed E-state index contributed by atoms with van der Waals surface area (Å²) >= 11 is 1.63. The van der Waals surface area contributed by atoms with Crippen LogP contribution in [0.5, 0.6) is 0 Å². The minimum atomic E-state index is -0.372. The van der Waals surface area contributed by atoms with Crippen LogP contribution in [0.1, 0.15) is 47.6 Å². The number of allylic oxidation sites excluding steroid dienone is 1. The highest BCUT2D eigenvalue weighted by atomic mass is 32.1. The number of rotatable bonds is 5. The first-order valence-corrected chi connectivity index (χ1v) is 10.2. The molecule has 0 aliphatic carbocycles. The Labute approximate surface area is 164 Å². The molecule has 27 heavy (non-hydrogen) atoms. The van der Waals surface area contributed by atoms with Crippen LogP contribution in [0, 0.1) is 12.8 Å². The first-order valence-electron chi connectivity index (χ1n) is 9.33. The highest BCUT2D eigenvalue weighted by Crippen LogP contribution is 2.32. The van der Waals surface area contributed by atoms with E-state index in [4.69, 9.17) is 4.74 Å². The Morgan fingerprint density at radius 3 is 2.74 bits per heavy atom. The highest BCUT2D eigenvalue weighted by molar-refractivity contribution is 7.10. The van der Waals surface area contributed by atoms with E-state index in [1.54, 1.807) is 11.3 Å². The molecule has 0 spiro atoms. The van der Waals surface area contributed by atoms with Crippen molar-refractivity contribution in [1.29, 1.82) is 0 Å². The molecule has 146 valence electrons. The van der Waals surface area contributed by atoms with Gasteiger partial charge in [0.05, 0.1) is 24.7 Å². The van der Waals surface area contributed by atoms with Crippen LogP contribution in [0.25, 0.3) is 0 Å². The molecule has 0 aromatic carbocycles. The molecule has 2 unspecified atom stereocenters. The number of thiophene rings is 1. The van der Waals surface area contributed by atoms with E-state index < -0.39 is 0 Å². The van der Waals surface area contributed by atoms with Gasteiger partial charge >= 0.3 is 0 Å². The van der Waals surface area contributed by atoms with E-state index in [1.165, 1.54) is 4.88 Å². The third-order valence-corrected chi connectivity index (χ3v) is 6.59. The monoisotopic (exact) mass is 389 g/mol. The summed E-state index contributed by atoms with van der Waals surface area (Å²) in [6, 6.07) is 0.267. The topological polar surface area (TPSA) is 71.0 Å². The van der Waals surface area contributed by atoms with Crippen molar-refractivity contribution in [3.63, 3.8) is 0 Å². The number of amides is 2. The molecule has 0 bridgehead atoms. The molecule has 1 saturated heterocycles. The Hall–Kier alpha value is -1.83. The highest BCUT2D eigenvalue weighted by Gasteiger charge is 2.26. The molecule has 0 saturated carbocycles. The second kappa shape index (κ2) is 8.46. The van der Waals surface area contributed by atoms with Gasteiger partial charge in [0.1, 0.15) is 0 Å².